The van der Waals surface area contributed by atoms with Crippen molar-refractivity contribution in [1.29, 1.82) is 0 Å². The average molecular weight is 879 g/mol. The molecular formula is C46H62CaO10S2. The number of benzene rings is 4. The molecule has 0 spiro atoms. The maximum Gasteiger partial charge on any atom is 2.00 e. The van der Waals surface area contributed by atoms with Crippen LogP contribution in [0, 0.1) is 0 Å². The second-order valence-corrected chi connectivity index (χ2v) is 17.6. The summed E-state index contributed by atoms with van der Waals surface area (Å²) in [7, 11) is -9.05. The molecule has 4 aromatic rings. The van der Waals surface area contributed by atoms with Gasteiger partial charge in [-0.25, -0.2) is 8.42 Å². The molecule has 0 heterocycles. The van der Waals surface area contributed by atoms with Gasteiger partial charge in [0, 0.05) is 6.07 Å². The van der Waals surface area contributed by atoms with Crippen molar-refractivity contribution in [1.82, 2.24) is 0 Å². The van der Waals surface area contributed by atoms with E-state index in [4.69, 9.17) is 9.47 Å². The van der Waals surface area contributed by atoms with Gasteiger partial charge in [-0.2, -0.15) is 8.42 Å². The van der Waals surface area contributed by atoms with Crippen molar-refractivity contribution in [2.24, 2.45) is 0 Å². The standard InChI is InChI=1S/2C23H32O5S.Ca/c2*1-2-3-4-5-6-7-8-9-10-13-19-16-20(24)18-21(17-19)28-22-14-11-12-15-23(22)29(25,26)27;/h2*11-12,14-18,24H,2-10,13H2,1H3,(H,25,26,27);/q;;+2/p-2. The van der Waals surface area contributed by atoms with E-state index in [9.17, 15) is 36.2 Å². The van der Waals surface area contributed by atoms with E-state index in [1.54, 1.807) is 36.4 Å². The molecule has 0 aliphatic heterocycles. The van der Waals surface area contributed by atoms with Gasteiger partial charge in [0.1, 0.15) is 43.8 Å². The molecule has 0 aromatic heterocycles. The number of ether oxygens (including phenoxy) is 2. The Balaban J connectivity index is 0.000000400. The molecule has 0 saturated carbocycles. The predicted molar refractivity (Wildman–Crippen MR) is 232 cm³/mol. The summed E-state index contributed by atoms with van der Waals surface area (Å²) in [6, 6.07) is 21.0. The van der Waals surface area contributed by atoms with Crippen molar-refractivity contribution in [3.8, 4) is 34.5 Å². The molecule has 10 nitrogen and oxygen atoms in total. The SMILES string of the molecule is CCCCCCCCCCCc1cc(O)cc(Oc2ccccc2S(=O)(=O)O)c1.CCCCCCCCCCCc1cc([O-])cc(Oc2ccccc2S(=O)(=O)[O-])c1.[Ca+2]. The largest absolute Gasteiger partial charge is 2.00 e. The number of phenols is 1. The number of para-hydroxylation sites is 2. The monoisotopic (exact) mass is 878 g/mol. The van der Waals surface area contributed by atoms with Crippen molar-refractivity contribution in [3.63, 3.8) is 0 Å². The van der Waals surface area contributed by atoms with Gasteiger partial charge in [0.25, 0.3) is 10.1 Å². The predicted octanol–water partition coefficient (Wildman–Crippen LogP) is 11.7. The van der Waals surface area contributed by atoms with Crippen molar-refractivity contribution in [3.05, 3.63) is 96.1 Å². The number of rotatable bonds is 26. The van der Waals surface area contributed by atoms with Gasteiger partial charge in [-0.05, 0) is 85.3 Å². The van der Waals surface area contributed by atoms with E-state index in [0.717, 1.165) is 49.7 Å². The van der Waals surface area contributed by atoms with Crippen LogP contribution in [-0.4, -0.2) is 68.8 Å². The van der Waals surface area contributed by atoms with Gasteiger partial charge in [0.15, 0.2) is 0 Å². The molecule has 0 bridgehead atoms. The molecule has 13 heteroatoms. The first-order valence-corrected chi connectivity index (χ1v) is 23.8. The van der Waals surface area contributed by atoms with Gasteiger partial charge in [-0.15, -0.1) is 5.75 Å². The summed E-state index contributed by atoms with van der Waals surface area (Å²) >= 11 is 0. The van der Waals surface area contributed by atoms with Gasteiger partial charge >= 0.3 is 37.7 Å². The van der Waals surface area contributed by atoms with E-state index in [1.165, 1.54) is 138 Å². The van der Waals surface area contributed by atoms with E-state index in [-0.39, 0.29) is 71.4 Å². The average Bonchev–Trinajstić information content (AvgIpc) is 3.16. The Morgan fingerprint density at radius 3 is 1.37 bits per heavy atom. The molecule has 0 amide bonds. The smallest absolute Gasteiger partial charge is 0.872 e. The minimum Gasteiger partial charge on any atom is -0.872 e. The van der Waals surface area contributed by atoms with Gasteiger partial charge in [-0.3, -0.25) is 4.55 Å². The molecule has 320 valence electrons. The Kier molecular flexibility index (Phi) is 25.4. The van der Waals surface area contributed by atoms with E-state index >= 15 is 0 Å². The second-order valence-electron chi connectivity index (χ2n) is 14.8. The first-order valence-electron chi connectivity index (χ1n) is 20.9. The Labute approximate surface area is 383 Å². The third kappa shape index (κ3) is 21.5. The van der Waals surface area contributed by atoms with Gasteiger partial charge < -0.3 is 24.2 Å². The van der Waals surface area contributed by atoms with E-state index in [0.29, 0.717) is 5.75 Å². The number of hydrogen-bond donors (Lipinski definition) is 2. The fourth-order valence-corrected chi connectivity index (χ4v) is 7.92. The molecule has 0 saturated heterocycles. The Bertz CT molecular complexity index is 1870. The summed E-state index contributed by atoms with van der Waals surface area (Å²) in [6.07, 6.45) is 23.9. The summed E-state index contributed by atoms with van der Waals surface area (Å²) in [5, 5.41) is 22.0. The Hall–Kier alpha value is -2.84. The number of aromatic hydroxyl groups is 1. The number of hydrogen-bond acceptors (Lipinski definition) is 9. The zero-order chi connectivity index (χ0) is 42.2. The van der Waals surface area contributed by atoms with Crippen LogP contribution in [0.1, 0.15) is 141 Å². The number of phenolic OH excluding ortho intramolecular Hbond substituents is 1. The van der Waals surface area contributed by atoms with Crippen LogP contribution in [0.15, 0.2) is 94.7 Å². The van der Waals surface area contributed by atoms with Gasteiger partial charge in [-0.1, -0.05) is 147 Å². The minimum atomic E-state index is -4.66. The molecule has 0 fully saturated rings. The van der Waals surface area contributed by atoms with Gasteiger partial charge in [0.05, 0.1) is 4.90 Å². The molecule has 0 aliphatic carbocycles. The quantitative estimate of drug-likeness (QED) is 0.0351. The molecule has 0 radical (unpaired) electrons. The zero-order valence-electron chi connectivity index (χ0n) is 34.9. The molecule has 2 N–H and O–H groups in total. The number of aryl methyl sites for hydroxylation is 2. The van der Waals surface area contributed by atoms with Crippen LogP contribution in [-0.2, 0) is 33.1 Å². The van der Waals surface area contributed by atoms with Crippen LogP contribution in [0.2, 0.25) is 0 Å². The van der Waals surface area contributed by atoms with E-state index < -0.39 is 25.1 Å². The zero-order valence-corrected chi connectivity index (χ0v) is 38.8. The molecule has 0 unspecified atom stereocenters. The topological polar surface area (TPSA) is 173 Å². The normalized spacial score (nSPS) is 11.3. The molecule has 4 aromatic carbocycles. The van der Waals surface area contributed by atoms with Crippen LogP contribution < -0.4 is 14.6 Å². The van der Waals surface area contributed by atoms with Crippen molar-refractivity contribution >= 4 is 58.0 Å². The third-order valence-electron chi connectivity index (χ3n) is 9.73. The van der Waals surface area contributed by atoms with Crippen LogP contribution in [0.4, 0.5) is 0 Å². The summed E-state index contributed by atoms with van der Waals surface area (Å²) in [4.78, 5) is -0.736. The minimum absolute atomic E-state index is 0. The number of unbranched alkanes of at least 4 members (excludes halogenated alkanes) is 16. The van der Waals surface area contributed by atoms with Crippen molar-refractivity contribution in [2.75, 3.05) is 0 Å². The summed E-state index contributed by atoms with van der Waals surface area (Å²) in [5.74, 6) is 0.414. The summed E-state index contributed by atoms with van der Waals surface area (Å²) in [6.45, 7) is 4.45. The first kappa shape index (κ1) is 52.3. The summed E-state index contributed by atoms with van der Waals surface area (Å²) in [5.41, 5.74) is 1.80. The molecule has 4 rings (SSSR count). The fourth-order valence-electron chi connectivity index (χ4n) is 6.70. The molecular weight excluding hydrogens is 817 g/mol. The third-order valence-corrected chi connectivity index (χ3v) is 11.5. The van der Waals surface area contributed by atoms with Crippen LogP contribution in [0.3, 0.4) is 0 Å². The molecule has 0 atom stereocenters. The maximum atomic E-state index is 12.0. The maximum absolute atomic E-state index is 12.0. The second kappa shape index (κ2) is 28.6. The Morgan fingerprint density at radius 1 is 0.525 bits per heavy atom. The van der Waals surface area contributed by atoms with Crippen LogP contribution in [0.25, 0.3) is 0 Å². The van der Waals surface area contributed by atoms with Crippen LogP contribution >= 0.6 is 0 Å². The molecule has 0 aliphatic rings. The van der Waals surface area contributed by atoms with E-state index in [2.05, 4.69) is 13.8 Å². The Morgan fingerprint density at radius 2 is 0.915 bits per heavy atom. The van der Waals surface area contributed by atoms with E-state index in [1.807, 2.05) is 0 Å². The van der Waals surface area contributed by atoms with Crippen molar-refractivity contribution < 1.29 is 45.6 Å². The van der Waals surface area contributed by atoms with Crippen molar-refractivity contribution in [2.45, 2.75) is 152 Å². The van der Waals surface area contributed by atoms with Crippen LogP contribution in [0.5, 0.6) is 34.5 Å². The fraction of sp³-hybridized carbons (Fsp3) is 0.478. The summed E-state index contributed by atoms with van der Waals surface area (Å²) < 4.78 is 77.7. The molecule has 59 heavy (non-hydrogen) atoms. The first-order chi connectivity index (χ1) is 27.8. The van der Waals surface area contributed by atoms with Gasteiger partial charge in [0.2, 0.25) is 0 Å².